The molecule has 3 aliphatic heterocycles. The maximum atomic E-state index is 5.55. The van der Waals surface area contributed by atoms with Gasteiger partial charge in [-0.15, -0.1) is 0 Å². The van der Waals surface area contributed by atoms with Gasteiger partial charge in [0.05, 0.1) is 6.61 Å². The summed E-state index contributed by atoms with van der Waals surface area (Å²) in [7, 11) is 0. The highest BCUT2D eigenvalue weighted by molar-refractivity contribution is 4.91. The van der Waals surface area contributed by atoms with E-state index in [9.17, 15) is 0 Å². The third-order valence-corrected chi connectivity index (χ3v) is 4.24. The molecule has 0 radical (unpaired) electrons. The molecule has 0 aromatic carbocycles. The number of ether oxygens (including phenoxy) is 1. The molecular weight excluding hydrogens is 188 g/mol. The molecule has 3 saturated heterocycles. The molecule has 0 bridgehead atoms. The largest absolute Gasteiger partial charge is 0.381 e. The average Bonchev–Trinajstić information content (AvgIpc) is 2.79. The lowest BCUT2D eigenvalue weighted by molar-refractivity contribution is 0.0408. The molecule has 86 valence electrons. The fraction of sp³-hybridized carbons (Fsp3) is 1.00. The van der Waals surface area contributed by atoms with Crippen LogP contribution in [0.25, 0.3) is 0 Å². The van der Waals surface area contributed by atoms with E-state index >= 15 is 0 Å². The first-order valence-corrected chi connectivity index (χ1v) is 6.42. The normalized spacial score (nSPS) is 42.0. The minimum absolute atomic E-state index is 0.811. The quantitative estimate of drug-likeness (QED) is 0.721. The van der Waals surface area contributed by atoms with E-state index in [0.29, 0.717) is 0 Å². The van der Waals surface area contributed by atoms with E-state index < -0.39 is 0 Å². The van der Waals surface area contributed by atoms with Crippen molar-refractivity contribution in [3.63, 3.8) is 0 Å². The van der Waals surface area contributed by atoms with Gasteiger partial charge in [0, 0.05) is 26.2 Å². The molecule has 0 aromatic heterocycles. The van der Waals surface area contributed by atoms with Crippen LogP contribution in [0.2, 0.25) is 0 Å². The van der Waals surface area contributed by atoms with Crippen molar-refractivity contribution in [3.05, 3.63) is 0 Å². The zero-order valence-electron chi connectivity index (χ0n) is 9.45. The maximum Gasteiger partial charge on any atom is 0.0506 e. The van der Waals surface area contributed by atoms with E-state index in [0.717, 1.165) is 31.0 Å². The molecule has 15 heavy (non-hydrogen) atoms. The van der Waals surface area contributed by atoms with Crippen LogP contribution in [0, 0.1) is 17.8 Å². The second-order valence-electron chi connectivity index (χ2n) is 5.48. The van der Waals surface area contributed by atoms with Gasteiger partial charge in [0.25, 0.3) is 0 Å². The number of hydrogen-bond donors (Lipinski definition) is 1. The van der Waals surface area contributed by atoms with Gasteiger partial charge in [-0.05, 0) is 43.7 Å². The third kappa shape index (κ3) is 2.19. The van der Waals surface area contributed by atoms with E-state index in [4.69, 9.17) is 4.74 Å². The van der Waals surface area contributed by atoms with Crippen molar-refractivity contribution in [2.45, 2.75) is 12.8 Å². The second kappa shape index (κ2) is 4.40. The predicted octanol–water partition coefficient (Wildman–Crippen LogP) is 0.564. The van der Waals surface area contributed by atoms with E-state index in [1.54, 1.807) is 0 Å². The van der Waals surface area contributed by atoms with Crippen LogP contribution >= 0.6 is 0 Å². The minimum atomic E-state index is 0.811. The highest BCUT2D eigenvalue weighted by Crippen LogP contribution is 2.27. The van der Waals surface area contributed by atoms with Gasteiger partial charge in [-0.1, -0.05) is 0 Å². The molecule has 3 heterocycles. The van der Waals surface area contributed by atoms with Crippen LogP contribution in [0.4, 0.5) is 0 Å². The van der Waals surface area contributed by atoms with Crippen LogP contribution in [0.1, 0.15) is 12.8 Å². The summed E-state index contributed by atoms with van der Waals surface area (Å²) in [4.78, 5) is 2.68. The molecule has 3 heteroatoms. The van der Waals surface area contributed by atoms with Crippen LogP contribution in [0.15, 0.2) is 0 Å². The average molecular weight is 210 g/mol. The third-order valence-electron chi connectivity index (χ3n) is 4.24. The summed E-state index contributed by atoms with van der Waals surface area (Å²) in [5.41, 5.74) is 0. The molecule has 0 aliphatic carbocycles. The van der Waals surface area contributed by atoms with Crippen LogP contribution in [0.5, 0.6) is 0 Å². The van der Waals surface area contributed by atoms with Crippen molar-refractivity contribution in [3.8, 4) is 0 Å². The summed E-state index contributed by atoms with van der Waals surface area (Å²) in [5, 5.41) is 3.50. The van der Waals surface area contributed by atoms with E-state index in [1.807, 2.05) is 0 Å². The Balaban J connectivity index is 1.48. The zero-order chi connectivity index (χ0) is 10.1. The highest BCUT2D eigenvalue weighted by atomic mass is 16.5. The molecule has 3 aliphatic rings. The van der Waals surface area contributed by atoms with E-state index in [2.05, 4.69) is 10.2 Å². The van der Waals surface area contributed by atoms with Gasteiger partial charge in [-0.25, -0.2) is 0 Å². The van der Waals surface area contributed by atoms with Crippen LogP contribution < -0.4 is 5.32 Å². The van der Waals surface area contributed by atoms with Crippen molar-refractivity contribution in [1.82, 2.24) is 10.2 Å². The van der Waals surface area contributed by atoms with Crippen molar-refractivity contribution in [2.24, 2.45) is 17.8 Å². The van der Waals surface area contributed by atoms with Gasteiger partial charge < -0.3 is 15.0 Å². The SMILES string of the molecule is C1COCC(CN2C[C@H]3CNC[C@H]3C2)C1. The molecule has 0 aromatic rings. The lowest BCUT2D eigenvalue weighted by Gasteiger charge is -2.27. The van der Waals surface area contributed by atoms with Gasteiger partial charge in [0.1, 0.15) is 0 Å². The Kier molecular flexibility index (Phi) is 2.95. The number of rotatable bonds is 2. The Bertz CT molecular complexity index is 204. The van der Waals surface area contributed by atoms with Crippen LogP contribution in [-0.4, -0.2) is 50.8 Å². The second-order valence-corrected chi connectivity index (χ2v) is 5.48. The van der Waals surface area contributed by atoms with Gasteiger partial charge in [-0.3, -0.25) is 0 Å². The molecule has 0 saturated carbocycles. The molecule has 0 spiro atoms. The van der Waals surface area contributed by atoms with Crippen molar-refractivity contribution in [1.29, 1.82) is 0 Å². The first kappa shape index (κ1) is 10.1. The monoisotopic (exact) mass is 210 g/mol. The molecular formula is C12H22N2O. The topological polar surface area (TPSA) is 24.5 Å². The number of likely N-dealkylation sites (tertiary alicyclic amines) is 1. The van der Waals surface area contributed by atoms with Gasteiger partial charge in [0.2, 0.25) is 0 Å². The summed E-state index contributed by atoms with van der Waals surface area (Å²) < 4.78 is 5.55. The molecule has 1 N–H and O–H groups in total. The van der Waals surface area contributed by atoms with Crippen molar-refractivity contribution >= 4 is 0 Å². The molecule has 3 fully saturated rings. The summed E-state index contributed by atoms with van der Waals surface area (Å²) in [6, 6.07) is 0. The molecule has 1 unspecified atom stereocenters. The predicted molar refractivity (Wildman–Crippen MR) is 59.8 cm³/mol. The lowest BCUT2D eigenvalue weighted by atomic mass is 10.0. The van der Waals surface area contributed by atoms with E-state index in [1.165, 1.54) is 45.6 Å². The summed E-state index contributed by atoms with van der Waals surface area (Å²) in [6.45, 7) is 8.44. The lowest BCUT2D eigenvalue weighted by Crippen LogP contribution is -2.34. The number of fused-ring (bicyclic) bond motifs is 1. The molecule has 3 rings (SSSR count). The summed E-state index contributed by atoms with van der Waals surface area (Å²) in [5.74, 6) is 2.69. The fourth-order valence-corrected chi connectivity index (χ4v) is 3.42. The van der Waals surface area contributed by atoms with Crippen LogP contribution in [-0.2, 0) is 4.74 Å². The van der Waals surface area contributed by atoms with Gasteiger partial charge in [0.15, 0.2) is 0 Å². The summed E-state index contributed by atoms with van der Waals surface area (Å²) >= 11 is 0. The fourth-order valence-electron chi connectivity index (χ4n) is 3.42. The Morgan fingerprint density at radius 1 is 1.20 bits per heavy atom. The first-order valence-electron chi connectivity index (χ1n) is 6.42. The van der Waals surface area contributed by atoms with Crippen molar-refractivity contribution < 1.29 is 4.74 Å². The van der Waals surface area contributed by atoms with Crippen molar-refractivity contribution in [2.75, 3.05) is 45.9 Å². The highest BCUT2D eigenvalue weighted by Gasteiger charge is 2.36. The molecule has 3 atom stereocenters. The summed E-state index contributed by atoms with van der Waals surface area (Å²) in [6.07, 6.45) is 2.65. The Morgan fingerprint density at radius 3 is 2.67 bits per heavy atom. The Morgan fingerprint density at radius 2 is 2.00 bits per heavy atom. The number of nitrogens with one attached hydrogen (secondary N) is 1. The van der Waals surface area contributed by atoms with Gasteiger partial charge >= 0.3 is 0 Å². The Hall–Kier alpha value is -0.120. The molecule has 3 nitrogen and oxygen atoms in total. The minimum Gasteiger partial charge on any atom is -0.381 e. The Labute approximate surface area is 92.2 Å². The van der Waals surface area contributed by atoms with Gasteiger partial charge in [-0.2, -0.15) is 0 Å². The number of nitrogens with zero attached hydrogens (tertiary/aromatic N) is 1. The molecule has 0 amide bonds. The zero-order valence-corrected chi connectivity index (χ0v) is 9.45. The standard InChI is InChI=1S/C12H22N2O/c1-2-10(9-15-3-1)6-14-7-11-4-13-5-12(11)8-14/h10-13H,1-9H2/t10?,11-,12+. The smallest absolute Gasteiger partial charge is 0.0506 e. The number of hydrogen-bond acceptors (Lipinski definition) is 3. The maximum absolute atomic E-state index is 5.55. The first-order chi connectivity index (χ1) is 7.42. The van der Waals surface area contributed by atoms with E-state index in [-0.39, 0.29) is 0 Å². The van der Waals surface area contributed by atoms with Crippen LogP contribution in [0.3, 0.4) is 0 Å².